The average molecular weight is 427 g/mol. The molecule has 1 aromatic carbocycles. The summed E-state index contributed by atoms with van der Waals surface area (Å²) in [4.78, 5) is 29.2. The highest BCUT2D eigenvalue weighted by Gasteiger charge is 2.23. The van der Waals surface area contributed by atoms with Gasteiger partial charge >= 0.3 is 5.69 Å². The molecule has 6 N–H and O–H groups in total. The van der Waals surface area contributed by atoms with Crippen molar-refractivity contribution in [2.24, 2.45) is 5.73 Å². The highest BCUT2D eigenvalue weighted by molar-refractivity contribution is 7.10. The molecule has 1 aliphatic heterocycles. The van der Waals surface area contributed by atoms with Gasteiger partial charge in [-0.3, -0.25) is 13.9 Å². The van der Waals surface area contributed by atoms with E-state index < -0.39 is 0 Å². The van der Waals surface area contributed by atoms with Gasteiger partial charge in [0.15, 0.2) is 0 Å². The molecule has 0 amide bonds. The number of anilines is 3. The molecule has 8 nitrogen and oxygen atoms in total. The van der Waals surface area contributed by atoms with Gasteiger partial charge in [0, 0.05) is 41.4 Å². The number of hydrogen-bond donors (Lipinski definition) is 3. The minimum absolute atomic E-state index is 0.0115. The van der Waals surface area contributed by atoms with Gasteiger partial charge in [-0.05, 0) is 35.9 Å². The highest BCUT2D eigenvalue weighted by Crippen LogP contribution is 2.21. The summed E-state index contributed by atoms with van der Waals surface area (Å²) in [6.07, 6.45) is 1.85. The fraction of sp³-hybridized carbons (Fsp3) is 0.333. The Kier molecular flexibility index (Phi) is 5.65. The first kappa shape index (κ1) is 20.2. The third-order valence-corrected chi connectivity index (χ3v) is 6.43. The van der Waals surface area contributed by atoms with Crippen molar-refractivity contribution in [1.82, 2.24) is 9.13 Å². The summed E-state index contributed by atoms with van der Waals surface area (Å²) in [5, 5.41) is 1.85. The molecule has 1 aliphatic rings. The Morgan fingerprint density at radius 2 is 1.83 bits per heavy atom. The van der Waals surface area contributed by atoms with Crippen LogP contribution in [0.5, 0.6) is 0 Å². The second kappa shape index (κ2) is 8.37. The quantitative estimate of drug-likeness (QED) is 0.528. The Hall–Kier alpha value is -3.04. The molecule has 1 saturated heterocycles. The number of nitrogens with zero attached hydrogens (tertiary/aromatic N) is 3. The molecule has 30 heavy (non-hydrogen) atoms. The van der Waals surface area contributed by atoms with E-state index in [1.807, 2.05) is 28.5 Å². The number of aromatic nitrogens is 2. The first-order valence-corrected chi connectivity index (χ1v) is 10.8. The molecule has 2 aromatic heterocycles. The Balaban J connectivity index is 1.83. The van der Waals surface area contributed by atoms with Crippen LogP contribution < -0.4 is 33.3 Å². The van der Waals surface area contributed by atoms with E-state index in [1.54, 1.807) is 16.7 Å². The van der Waals surface area contributed by atoms with Gasteiger partial charge in [0.25, 0.3) is 5.56 Å². The molecule has 0 unspecified atom stereocenters. The highest BCUT2D eigenvalue weighted by atomic mass is 32.1. The van der Waals surface area contributed by atoms with Crippen molar-refractivity contribution in [3.63, 3.8) is 0 Å². The monoisotopic (exact) mass is 426 g/mol. The van der Waals surface area contributed by atoms with Crippen LogP contribution in [0.25, 0.3) is 0 Å². The van der Waals surface area contributed by atoms with Gasteiger partial charge in [-0.1, -0.05) is 18.2 Å². The molecular formula is C21H26N6O2S. The molecule has 1 fully saturated rings. The largest absolute Gasteiger partial charge is 0.398 e. The lowest BCUT2D eigenvalue weighted by molar-refractivity contribution is 0.490. The molecule has 158 valence electrons. The van der Waals surface area contributed by atoms with Crippen LogP contribution in [0.1, 0.15) is 23.3 Å². The van der Waals surface area contributed by atoms with E-state index in [1.165, 1.54) is 22.0 Å². The van der Waals surface area contributed by atoms with E-state index in [-0.39, 0.29) is 30.4 Å². The van der Waals surface area contributed by atoms with Gasteiger partial charge in [-0.25, -0.2) is 4.79 Å². The molecule has 0 bridgehead atoms. The van der Waals surface area contributed by atoms with Gasteiger partial charge in [-0.15, -0.1) is 11.3 Å². The zero-order valence-electron chi connectivity index (χ0n) is 16.7. The smallest absolute Gasteiger partial charge is 0.333 e. The number of piperidine rings is 1. The summed E-state index contributed by atoms with van der Waals surface area (Å²) in [7, 11) is 0. The van der Waals surface area contributed by atoms with Crippen molar-refractivity contribution in [3.8, 4) is 0 Å². The van der Waals surface area contributed by atoms with Gasteiger partial charge in [0.2, 0.25) is 0 Å². The van der Waals surface area contributed by atoms with Crippen molar-refractivity contribution in [2.75, 3.05) is 29.5 Å². The van der Waals surface area contributed by atoms with Crippen molar-refractivity contribution in [2.45, 2.75) is 32.0 Å². The Bertz CT molecular complexity index is 1160. The van der Waals surface area contributed by atoms with Crippen LogP contribution in [0.3, 0.4) is 0 Å². The third kappa shape index (κ3) is 3.99. The molecule has 4 rings (SSSR count). The fourth-order valence-corrected chi connectivity index (χ4v) is 4.64. The maximum Gasteiger partial charge on any atom is 0.333 e. The topological polar surface area (TPSA) is 125 Å². The van der Waals surface area contributed by atoms with E-state index in [4.69, 9.17) is 17.2 Å². The van der Waals surface area contributed by atoms with Gasteiger partial charge < -0.3 is 22.1 Å². The summed E-state index contributed by atoms with van der Waals surface area (Å²) in [5.41, 5.74) is 19.5. The van der Waals surface area contributed by atoms with Crippen molar-refractivity contribution >= 4 is 28.5 Å². The minimum Gasteiger partial charge on any atom is -0.398 e. The Morgan fingerprint density at radius 1 is 1.03 bits per heavy atom. The normalized spacial score (nSPS) is 16.7. The van der Waals surface area contributed by atoms with E-state index >= 15 is 0 Å². The summed E-state index contributed by atoms with van der Waals surface area (Å²) in [6, 6.07) is 10.7. The number of thiophene rings is 1. The number of nitrogen functional groups attached to an aromatic ring is 2. The van der Waals surface area contributed by atoms with Crippen LogP contribution in [0.2, 0.25) is 0 Å². The van der Waals surface area contributed by atoms with Crippen molar-refractivity contribution in [1.29, 1.82) is 0 Å². The fourth-order valence-electron chi connectivity index (χ4n) is 3.85. The first-order valence-electron chi connectivity index (χ1n) is 9.94. The van der Waals surface area contributed by atoms with Crippen LogP contribution in [0.15, 0.2) is 51.4 Å². The molecule has 0 radical (unpaired) electrons. The van der Waals surface area contributed by atoms with E-state index in [0.29, 0.717) is 23.7 Å². The van der Waals surface area contributed by atoms with Crippen LogP contribution in [0.4, 0.5) is 17.2 Å². The predicted molar refractivity (Wildman–Crippen MR) is 122 cm³/mol. The molecule has 3 aromatic rings. The lowest BCUT2D eigenvalue weighted by Crippen LogP contribution is -2.48. The second-order valence-corrected chi connectivity index (χ2v) is 8.64. The summed E-state index contributed by atoms with van der Waals surface area (Å²) < 4.78 is 2.85. The lowest BCUT2D eigenvalue weighted by Gasteiger charge is -2.34. The second-order valence-electron chi connectivity index (χ2n) is 7.64. The Labute approximate surface area is 178 Å². The van der Waals surface area contributed by atoms with E-state index in [0.717, 1.165) is 29.8 Å². The molecule has 0 spiro atoms. The van der Waals surface area contributed by atoms with Crippen LogP contribution in [-0.4, -0.2) is 28.3 Å². The summed E-state index contributed by atoms with van der Waals surface area (Å²) in [5.74, 6) is 0.582. The number of rotatable bonds is 5. The van der Waals surface area contributed by atoms with E-state index in [9.17, 15) is 9.59 Å². The third-order valence-electron chi connectivity index (χ3n) is 5.50. The minimum atomic E-state index is -0.382. The maximum absolute atomic E-state index is 13.5. The van der Waals surface area contributed by atoms with E-state index in [2.05, 4.69) is 0 Å². The van der Waals surface area contributed by atoms with Gasteiger partial charge in [0.05, 0.1) is 13.1 Å². The van der Waals surface area contributed by atoms with Crippen LogP contribution in [0, 0.1) is 0 Å². The maximum atomic E-state index is 13.5. The number of nitrogens with two attached hydrogens (primary N) is 3. The summed E-state index contributed by atoms with van der Waals surface area (Å²) in [6.45, 7) is 1.77. The SMILES string of the molecule is Nc1ccccc1Cn1c(N2CCC[C@@H](N)C2)cc(=O)n(Cc2sccc2N)c1=O. The number of hydrogen-bond acceptors (Lipinski definition) is 7. The molecule has 0 aliphatic carbocycles. The lowest BCUT2D eigenvalue weighted by atomic mass is 10.1. The molecule has 9 heteroatoms. The van der Waals surface area contributed by atoms with Crippen LogP contribution in [-0.2, 0) is 13.1 Å². The molecule has 0 saturated carbocycles. The van der Waals surface area contributed by atoms with Gasteiger partial charge in [-0.2, -0.15) is 0 Å². The molecule has 1 atom stereocenters. The standard InChI is InChI=1S/C21H26N6O2S/c22-15-5-3-8-25(12-15)19-10-20(28)27(13-18-17(24)7-9-30-18)21(29)26(19)11-14-4-1-2-6-16(14)23/h1-2,4,6-7,9-10,15H,3,5,8,11-13,22-24H2/t15-/m1/s1. The first-order chi connectivity index (χ1) is 14.4. The van der Waals surface area contributed by atoms with Crippen LogP contribution >= 0.6 is 11.3 Å². The summed E-state index contributed by atoms with van der Waals surface area (Å²) >= 11 is 1.43. The molecular weight excluding hydrogens is 400 g/mol. The van der Waals surface area contributed by atoms with Crippen molar-refractivity contribution < 1.29 is 0 Å². The average Bonchev–Trinajstić information content (AvgIpc) is 3.13. The Morgan fingerprint density at radius 3 is 2.53 bits per heavy atom. The number of para-hydroxylation sites is 1. The zero-order chi connectivity index (χ0) is 21.3. The molecule has 3 heterocycles. The van der Waals surface area contributed by atoms with Gasteiger partial charge in [0.1, 0.15) is 5.82 Å². The predicted octanol–water partition coefficient (Wildman–Crippen LogP) is 1.26. The number of benzene rings is 1. The zero-order valence-corrected chi connectivity index (χ0v) is 17.5. The van der Waals surface area contributed by atoms with Crippen molar-refractivity contribution in [3.05, 3.63) is 73.1 Å².